The standard InChI is InChI=1S/C34H24N2/c1-4-12-26(13-5-1)35(27-14-6-2-7-15-27)29-22-20-25-21-23-33-34(31(25)24-29)30-18-10-11-19-32(30)36(33)28-16-8-3-9-17-28/h1-24H. The number of rotatable bonds is 4. The Morgan fingerprint density at radius 2 is 1.00 bits per heavy atom. The van der Waals surface area contributed by atoms with E-state index in [2.05, 4.69) is 155 Å². The molecule has 1 aromatic heterocycles. The Balaban J connectivity index is 1.54. The summed E-state index contributed by atoms with van der Waals surface area (Å²) < 4.78 is 2.38. The number of benzene rings is 6. The summed E-state index contributed by atoms with van der Waals surface area (Å²) in [7, 11) is 0. The summed E-state index contributed by atoms with van der Waals surface area (Å²) in [4.78, 5) is 2.33. The van der Waals surface area contributed by atoms with Crippen molar-refractivity contribution in [1.29, 1.82) is 0 Å². The topological polar surface area (TPSA) is 8.17 Å². The molecule has 7 aromatic rings. The highest BCUT2D eigenvalue weighted by atomic mass is 15.1. The van der Waals surface area contributed by atoms with Crippen molar-refractivity contribution in [2.24, 2.45) is 0 Å². The largest absolute Gasteiger partial charge is 0.310 e. The third kappa shape index (κ3) is 3.27. The first kappa shape index (κ1) is 20.5. The molecule has 0 saturated heterocycles. The van der Waals surface area contributed by atoms with Gasteiger partial charge in [-0.25, -0.2) is 0 Å². The summed E-state index contributed by atoms with van der Waals surface area (Å²) in [6.07, 6.45) is 0. The molecule has 0 fully saturated rings. The van der Waals surface area contributed by atoms with Gasteiger partial charge in [0, 0.05) is 33.5 Å². The van der Waals surface area contributed by atoms with Crippen LogP contribution < -0.4 is 4.90 Å². The highest BCUT2D eigenvalue weighted by Crippen LogP contribution is 2.40. The Morgan fingerprint density at radius 1 is 0.417 bits per heavy atom. The Bertz CT molecular complexity index is 1780. The van der Waals surface area contributed by atoms with Crippen LogP contribution in [0.25, 0.3) is 38.3 Å². The minimum atomic E-state index is 1.14. The van der Waals surface area contributed by atoms with Gasteiger partial charge in [0.05, 0.1) is 11.0 Å². The molecule has 0 aliphatic rings. The van der Waals surface area contributed by atoms with Gasteiger partial charge in [0.25, 0.3) is 0 Å². The maximum absolute atomic E-state index is 2.38. The molecular weight excluding hydrogens is 436 g/mol. The van der Waals surface area contributed by atoms with Gasteiger partial charge in [-0.15, -0.1) is 0 Å². The lowest BCUT2D eigenvalue weighted by Crippen LogP contribution is -2.09. The molecule has 6 aromatic carbocycles. The minimum absolute atomic E-state index is 1.14. The van der Waals surface area contributed by atoms with Crippen molar-refractivity contribution in [2.75, 3.05) is 4.90 Å². The van der Waals surface area contributed by atoms with Crippen LogP contribution in [0.1, 0.15) is 0 Å². The lowest BCUT2D eigenvalue weighted by molar-refractivity contribution is 1.18. The molecule has 0 atom stereocenters. The highest BCUT2D eigenvalue weighted by Gasteiger charge is 2.17. The van der Waals surface area contributed by atoms with Crippen molar-refractivity contribution < 1.29 is 0 Å². The third-order valence-corrected chi connectivity index (χ3v) is 6.94. The molecule has 0 N–H and O–H groups in total. The highest BCUT2D eigenvalue weighted by molar-refractivity contribution is 6.21. The maximum atomic E-state index is 2.38. The molecule has 2 nitrogen and oxygen atoms in total. The molecule has 170 valence electrons. The number of aromatic nitrogens is 1. The van der Waals surface area contributed by atoms with Crippen LogP contribution in [0.4, 0.5) is 17.1 Å². The van der Waals surface area contributed by atoms with Crippen molar-refractivity contribution in [3.05, 3.63) is 146 Å². The SMILES string of the molecule is c1ccc(N(c2ccccc2)c2ccc3ccc4c(c3c2)c2ccccc2n4-c2ccccc2)cc1. The van der Waals surface area contributed by atoms with Gasteiger partial charge in [0.15, 0.2) is 0 Å². The molecular formula is C34H24N2. The fourth-order valence-electron chi connectivity index (χ4n) is 5.37. The van der Waals surface area contributed by atoms with Crippen LogP contribution in [0, 0.1) is 0 Å². The van der Waals surface area contributed by atoms with Crippen molar-refractivity contribution in [2.45, 2.75) is 0 Å². The smallest absolute Gasteiger partial charge is 0.0547 e. The van der Waals surface area contributed by atoms with E-state index >= 15 is 0 Å². The third-order valence-electron chi connectivity index (χ3n) is 6.94. The summed E-state index contributed by atoms with van der Waals surface area (Å²) in [5.74, 6) is 0. The van der Waals surface area contributed by atoms with Crippen LogP contribution in [-0.2, 0) is 0 Å². The Labute approximate surface area is 210 Å². The summed E-state index contributed by atoms with van der Waals surface area (Å²) >= 11 is 0. The normalized spacial score (nSPS) is 11.3. The molecule has 0 spiro atoms. The first-order chi connectivity index (χ1) is 17.9. The van der Waals surface area contributed by atoms with Gasteiger partial charge in [0.2, 0.25) is 0 Å². The van der Waals surface area contributed by atoms with Gasteiger partial charge >= 0.3 is 0 Å². The maximum Gasteiger partial charge on any atom is 0.0547 e. The number of nitrogens with zero attached hydrogens (tertiary/aromatic N) is 2. The fraction of sp³-hybridized carbons (Fsp3) is 0. The van der Waals surface area contributed by atoms with Crippen LogP contribution in [-0.4, -0.2) is 4.57 Å². The summed E-state index contributed by atoms with van der Waals surface area (Å²) in [5, 5.41) is 5.05. The van der Waals surface area contributed by atoms with Gasteiger partial charge < -0.3 is 9.47 Å². The van der Waals surface area contributed by atoms with Gasteiger partial charge in [-0.1, -0.05) is 84.9 Å². The Hall–Kier alpha value is -4.82. The Morgan fingerprint density at radius 3 is 1.69 bits per heavy atom. The summed E-state index contributed by atoms with van der Waals surface area (Å²) in [6, 6.07) is 51.9. The lowest BCUT2D eigenvalue weighted by Gasteiger charge is -2.25. The number of fused-ring (bicyclic) bond motifs is 5. The quantitative estimate of drug-likeness (QED) is 0.254. The molecule has 0 unspecified atom stereocenters. The molecule has 1 heterocycles. The van der Waals surface area contributed by atoms with Gasteiger partial charge in [-0.2, -0.15) is 0 Å². The van der Waals surface area contributed by atoms with E-state index in [4.69, 9.17) is 0 Å². The second kappa shape index (κ2) is 8.44. The monoisotopic (exact) mass is 460 g/mol. The van der Waals surface area contributed by atoms with E-state index in [9.17, 15) is 0 Å². The van der Waals surface area contributed by atoms with E-state index in [0.717, 1.165) is 17.1 Å². The van der Waals surface area contributed by atoms with E-state index in [1.54, 1.807) is 0 Å². The van der Waals surface area contributed by atoms with E-state index in [1.807, 2.05) is 0 Å². The molecule has 2 heteroatoms. The lowest BCUT2D eigenvalue weighted by atomic mass is 10.0. The molecule has 0 amide bonds. The zero-order chi connectivity index (χ0) is 23.9. The summed E-state index contributed by atoms with van der Waals surface area (Å²) in [5.41, 5.74) is 7.04. The summed E-state index contributed by atoms with van der Waals surface area (Å²) in [6.45, 7) is 0. The predicted molar refractivity (Wildman–Crippen MR) is 153 cm³/mol. The molecule has 0 aliphatic heterocycles. The van der Waals surface area contributed by atoms with E-state index in [0.29, 0.717) is 0 Å². The van der Waals surface area contributed by atoms with Gasteiger partial charge in [-0.3, -0.25) is 0 Å². The molecule has 0 aliphatic carbocycles. The first-order valence-electron chi connectivity index (χ1n) is 12.3. The van der Waals surface area contributed by atoms with Gasteiger partial charge in [-0.05, 0) is 71.4 Å². The number of anilines is 3. The van der Waals surface area contributed by atoms with Crippen LogP contribution in [0.2, 0.25) is 0 Å². The number of para-hydroxylation sites is 4. The molecule has 0 saturated carbocycles. The molecule has 7 rings (SSSR count). The first-order valence-corrected chi connectivity index (χ1v) is 12.3. The van der Waals surface area contributed by atoms with Crippen molar-refractivity contribution >= 4 is 49.6 Å². The second-order valence-corrected chi connectivity index (χ2v) is 9.06. The molecule has 36 heavy (non-hydrogen) atoms. The number of hydrogen-bond donors (Lipinski definition) is 0. The molecule has 0 bridgehead atoms. The second-order valence-electron chi connectivity index (χ2n) is 9.06. The van der Waals surface area contributed by atoms with Crippen LogP contribution in [0.3, 0.4) is 0 Å². The van der Waals surface area contributed by atoms with E-state index in [-0.39, 0.29) is 0 Å². The van der Waals surface area contributed by atoms with Crippen molar-refractivity contribution in [3.63, 3.8) is 0 Å². The number of hydrogen-bond acceptors (Lipinski definition) is 1. The van der Waals surface area contributed by atoms with Gasteiger partial charge in [0.1, 0.15) is 0 Å². The predicted octanol–water partition coefficient (Wildman–Crippen LogP) is 9.41. The minimum Gasteiger partial charge on any atom is -0.310 e. The van der Waals surface area contributed by atoms with Crippen molar-refractivity contribution in [3.8, 4) is 5.69 Å². The zero-order valence-corrected chi connectivity index (χ0v) is 19.8. The van der Waals surface area contributed by atoms with E-state index < -0.39 is 0 Å². The zero-order valence-electron chi connectivity index (χ0n) is 19.8. The van der Waals surface area contributed by atoms with E-state index in [1.165, 1.54) is 38.3 Å². The average molecular weight is 461 g/mol. The Kier molecular flexibility index (Phi) is 4.82. The van der Waals surface area contributed by atoms with Crippen LogP contribution in [0.5, 0.6) is 0 Å². The molecule has 0 radical (unpaired) electrons. The average Bonchev–Trinajstić information content (AvgIpc) is 3.30. The van der Waals surface area contributed by atoms with Crippen LogP contribution in [0.15, 0.2) is 146 Å². The fourth-order valence-corrected chi connectivity index (χ4v) is 5.37. The van der Waals surface area contributed by atoms with Crippen molar-refractivity contribution in [1.82, 2.24) is 4.57 Å². The van der Waals surface area contributed by atoms with Crippen LogP contribution >= 0.6 is 0 Å².